The molecule has 3 heterocycles. The fourth-order valence-corrected chi connectivity index (χ4v) is 3.52. The molecular weight excluding hydrogens is 495 g/mol. The van der Waals surface area contributed by atoms with Crippen LogP contribution in [-0.2, 0) is 4.74 Å². The van der Waals surface area contributed by atoms with E-state index in [1.165, 1.54) is 12.4 Å². The van der Waals surface area contributed by atoms with E-state index in [1.54, 1.807) is 51.1 Å². The second-order valence-corrected chi connectivity index (χ2v) is 9.89. The lowest BCUT2D eigenvalue weighted by Gasteiger charge is -2.19. The van der Waals surface area contributed by atoms with Crippen LogP contribution in [0.3, 0.4) is 0 Å². The average Bonchev–Trinajstić information content (AvgIpc) is 3.25. The highest BCUT2D eigenvalue weighted by Crippen LogP contribution is 2.43. The summed E-state index contributed by atoms with van der Waals surface area (Å²) >= 11 is 0. The maximum atomic E-state index is 13.3. The minimum Gasteiger partial charge on any atom is -0.444 e. The van der Waals surface area contributed by atoms with Gasteiger partial charge in [-0.3, -0.25) is 10.1 Å². The molecule has 196 valence electrons. The smallest absolute Gasteiger partial charge is 0.413 e. The largest absolute Gasteiger partial charge is 0.444 e. The molecule has 5 rings (SSSR count). The number of ether oxygens (including phenoxy) is 1. The summed E-state index contributed by atoms with van der Waals surface area (Å²) in [5.74, 6) is 0.206. The minimum absolute atomic E-state index is 0.00896. The normalized spacial score (nSPS) is 16.7. The zero-order valence-corrected chi connectivity index (χ0v) is 21.1. The van der Waals surface area contributed by atoms with Gasteiger partial charge in [-0.2, -0.15) is 4.98 Å². The van der Waals surface area contributed by atoms with Gasteiger partial charge < -0.3 is 19.0 Å². The summed E-state index contributed by atoms with van der Waals surface area (Å²) in [6.45, 7) is 7.12. The summed E-state index contributed by atoms with van der Waals surface area (Å²) in [5, 5.41) is 9.28. The van der Waals surface area contributed by atoms with Gasteiger partial charge in [0.1, 0.15) is 17.6 Å². The zero-order valence-electron chi connectivity index (χ0n) is 21.1. The molecule has 1 aromatic carbocycles. The molecule has 2 N–H and O–H groups in total. The number of aryl methyl sites for hydroxylation is 1. The first-order valence-corrected chi connectivity index (χ1v) is 11.9. The van der Waals surface area contributed by atoms with Crippen LogP contribution in [0.2, 0.25) is 0 Å². The lowest BCUT2D eigenvalue weighted by atomic mass is 10.1. The van der Waals surface area contributed by atoms with Crippen molar-refractivity contribution < 1.29 is 27.7 Å². The van der Waals surface area contributed by atoms with E-state index in [1.807, 2.05) is 6.92 Å². The van der Waals surface area contributed by atoms with Crippen LogP contribution in [0, 0.1) is 6.92 Å². The molecule has 12 heteroatoms. The fourth-order valence-electron chi connectivity index (χ4n) is 3.52. The predicted molar refractivity (Wildman–Crippen MR) is 134 cm³/mol. The molecule has 2 atom stereocenters. The molecule has 0 unspecified atom stereocenters. The van der Waals surface area contributed by atoms with Crippen molar-refractivity contribution in [3.8, 4) is 22.8 Å². The highest BCUT2D eigenvalue weighted by molar-refractivity contribution is 6.03. The highest BCUT2D eigenvalue weighted by Gasteiger charge is 2.43. The van der Waals surface area contributed by atoms with Gasteiger partial charge in [-0.25, -0.2) is 19.2 Å². The fraction of sp³-hybridized carbons (Fsp3) is 0.308. The Labute approximate surface area is 216 Å². The number of hydrogen-bond donors (Lipinski definition) is 2. The maximum absolute atomic E-state index is 13.3. The number of amides is 2. The number of carbonyl (C=O) groups is 2. The first-order valence-electron chi connectivity index (χ1n) is 11.9. The van der Waals surface area contributed by atoms with Crippen molar-refractivity contribution in [3.05, 3.63) is 59.9 Å². The zero-order chi connectivity index (χ0) is 27.0. The topological polar surface area (TPSA) is 145 Å². The number of halogens is 1. The van der Waals surface area contributed by atoms with E-state index in [0.29, 0.717) is 34.9 Å². The number of nitrogens with zero attached hydrogens (tertiary/aromatic N) is 4. The van der Waals surface area contributed by atoms with Crippen LogP contribution in [0.15, 0.2) is 51.7 Å². The molecular formula is C26H25FN6O5. The van der Waals surface area contributed by atoms with Gasteiger partial charge in [0, 0.05) is 17.4 Å². The molecule has 38 heavy (non-hydrogen) atoms. The Kier molecular flexibility index (Phi) is 6.39. The van der Waals surface area contributed by atoms with Crippen molar-refractivity contribution in [1.82, 2.24) is 20.1 Å². The molecule has 1 saturated carbocycles. The summed E-state index contributed by atoms with van der Waals surface area (Å²) in [7, 11) is 0. The second kappa shape index (κ2) is 9.69. The number of carbonyl (C=O) groups excluding carboxylic acids is 2. The SMILES string of the molecule is Cc1ccc(-c2noc([C@H]3C[C@@H]3F)n2)cc1NC(=O)c1cnc(-c2ccc(NC(=O)OC(C)(C)C)nc2)o1. The van der Waals surface area contributed by atoms with Gasteiger partial charge in [0.25, 0.3) is 5.91 Å². The molecule has 3 aromatic heterocycles. The Hall–Kier alpha value is -4.61. The number of pyridine rings is 1. The molecule has 11 nitrogen and oxygen atoms in total. The number of benzene rings is 1. The van der Waals surface area contributed by atoms with Crippen LogP contribution in [0.1, 0.15) is 55.1 Å². The van der Waals surface area contributed by atoms with Gasteiger partial charge >= 0.3 is 6.09 Å². The molecule has 0 aliphatic heterocycles. The van der Waals surface area contributed by atoms with Crippen molar-refractivity contribution in [2.24, 2.45) is 0 Å². The van der Waals surface area contributed by atoms with E-state index in [9.17, 15) is 14.0 Å². The number of aromatic nitrogens is 4. The van der Waals surface area contributed by atoms with Crippen LogP contribution in [-0.4, -0.2) is 43.9 Å². The van der Waals surface area contributed by atoms with Gasteiger partial charge in [-0.15, -0.1) is 0 Å². The van der Waals surface area contributed by atoms with Crippen LogP contribution in [0.25, 0.3) is 22.8 Å². The minimum atomic E-state index is -0.939. The van der Waals surface area contributed by atoms with Crippen molar-refractivity contribution in [1.29, 1.82) is 0 Å². The lowest BCUT2D eigenvalue weighted by molar-refractivity contribution is 0.0635. The van der Waals surface area contributed by atoms with E-state index in [4.69, 9.17) is 13.7 Å². The standard InChI is InChI=1S/C26H25FN6O5/c1-13-5-6-14(21-32-24(38-33-21)16-10-17(16)27)9-18(13)30-22(34)19-12-29-23(36-19)15-7-8-20(28-11-15)31-25(35)37-26(2,3)4/h5-9,11-12,16-17H,10H2,1-4H3,(H,30,34)(H,28,31,35)/t16-,17-/m0/s1. The second-order valence-electron chi connectivity index (χ2n) is 9.89. The van der Waals surface area contributed by atoms with Crippen LogP contribution >= 0.6 is 0 Å². The molecule has 4 aromatic rings. The first-order chi connectivity index (χ1) is 18.1. The van der Waals surface area contributed by atoms with Crippen LogP contribution in [0.4, 0.5) is 20.7 Å². The Morgan fingerprint density at radius 1 is 1.08 bits per heavy atom. The van der Waals surface area contributed by atoms with Crippen molar-refractivity contribution in [2.45, 2.75) is 51.8 Å². The molecule has 1 aliphatic rings. The Morgan fingerprint density at radius 2 is 1.84 bits per heavy atom. The molecule has 0 radical (unpaired) electrons. The monoisotopic (exact) mass is 520 g/mol. The van der Waals surface area contributed by atoms with Crippen molar-refractivity contribution >= 4 is 23.5 Å². The third-order valence-corrected chi connectivity index (χ3v) is 5.58. The number of anilines is 2. The van der Waals surface area contributed by atoms with Gasteiger partial charge in [0.2, 0.25) is 23.4 Å². The predicted octanol–water partition coefficient (Wildman–Crippen LogP) is 5.52. The molecule has 1 fully saturated rings. The Bertz CT molecular complexity index is 1490. The van der Waals surface area contributed by atoms with E-state index in [-0.39, 0.29) is 23.5 Å². The summed E-state index contributed by atoms with van der Waals surface area (Å²) in [6, 6.07) is 8.52. The van der Waals surface area contributed by atoms with Gasteiger partial charge in [0.05, 0.1) is 17.7 Å². The number of nitrogens with one attached hydrogen (secondary N) is 2. The number of hydrogen-bond acceptors (Lipinski definition) is 9. The summed E-state index contributed by atoms with van der Waals surface area (Å²) in [5.41, 5.74) is 1.81. The Balaban J connectivity index is 1.25. The van der Waals surface area contributed by atoms with E-state index in [0.717, 1.165) is 5.56 Å². The quantitative estimate of drug-likeness (QED) is 0.335. The highest BCUT2D eigenvalue weighted by atomic mass is 19.1. The lowest BCUT2D eigenvalue weighted by Crippen LogP contribution is -2.27. The maximum Gasteiger partial charge on any atom is 0.413 e. The molecule has 1 aliphatic carbocycles. The molecule has 2 amide bonds. The van der Waals surface area contributed by atoms with Crippen LogP contribution < -0.4 is 10.6 Å². The van der Waals surface area contributed by atoms with Crippen molar-refractivity contribution in [3.63, 3.8) is 0 Å². The van der Waals surface area contributed by atoms with E-state index < -0.39 is 23.8 Å². The van der Waals surface area contributed by atoms with E-state index >= 15 is 0 Å². The number of alkyl halides is 1. The van der Waals surface area contributed by atoms with Gasteiger partial charge in [-0.05, 0) is 57.9 Å². The third-order valence-electron chi connectivity index (χ3n) is 5.58. The van der Waals surface area contributed by atoms with Crippen LogP contribution in [0.5, 0.6) is 0 Å². The van der Waals surface area contributed by atoms with Gasteiger partial charge in [-0.1, -0.05) is 17.3 Å². The number of oxazole rings is 1. The summed E-state index contributed by atoms with van der Waals surface area (Å²) in [4.78, 5) is 37.4. The average molecular weight is 521 g/mol. The summed E-state index contributed by atoms with van der Waals surface area (Å²) < 4.78 is 29.3. The summed E-state index contributed by atoms with van der Waals surface area (Å²) in [6.07, 6.45) is 1.60. The van der Waals surface area contributed by atoms with E-state index in [2.05, 4.69) is 30.7 Å². The number of rotatable bonds is 6. The first kappa shape index (κ1) is 25.1. The van der Waals surface area contributed by atoms with Gasteiger partial charge in [0.15, 0.2) is 0 Å². The molecule has 0 saturated heterocycles. The molecule has 0 spiro atoms. The molecule has 0 bridgehead atoms. The van der Waals surface area contributed by atoms with Crippen molar-refractivity contribution in [2.75, 3.05) is 10.6 Å². The Morgan fingerprint density at radius 3 is 2.53 bits per heavy atom. The third kappa shape index (κ3) is 5.69.